The van der Waals surface area contributed by atoms with Gasteiger partial charge in [-0.1, -0.05) is 18.2 Å². The highest BCUT2D eigenvalue weighted by atomic mass is 19.1. The number of fused-ring (bicyclic) bond motifs is 1. The highest BCUT2D eigenvalue weighted by Gasteiger charge is 2.30. The Morgan fingerprint density at radius 2 is 1.86 bits per heavy atom. The molecule has 0 saturated carbocycles. The van der Waals surface area contributed by atoms with Gasteiger partial charge in [0.2, 0.25) is 5.91 Å². The molecule has 1 saturated heterocycles. The maximum absolute atomic E-state index is 13.1. The zero-order valence-corrected chi connectivity index (χ0v) is 16.5. The van der Waals surface area contributed by atoms with Crippen LogP contribution in [0, 0.1) is 5.82 Å². The summed E-state index contributed by atoms with van der Waals surface area (Å²) in [5.74, 6) is -0.236. The van der Waals surface area contributed by atoms with E-state index in [2.05, 4.69) is 29.1 Å². The first kappa shape index (κ1) is 19.3. The summed E-state index contributed by atoms with van der Waals surface area (Å²) >= 11 is 0. The van der Waals surface area contributed by atoms with E-state index in [1.807, 2.05) is 35.2 Å². The number of carbonyl (C=O) groups is 1. The Labute approximate surface area is 168 Å². The number of nitrogens with zero attached hydrogens (tertiary/aromatic N) is 4. The molecule has 2 atom stereocenters. The molecule has 1 aromatic heterocycles. The van der Waals surface area contributed by atoms with E-state index in [0.29, 0.717) is 17.6 Å². The van der Waals surface area contributed by atoms with Crippen LogP contribution in [-0.4, -0.2) is 51.2 Å². The molecule has 1 aliphatic rings. The van der Waals surface area contributed by atoms with Crippen molar-refractivity contribution in [2.24, 2.45) is 0 Å². The molecule has 0 unspecified atom stereocenters. The first-order chi connectivity index (χ1) is 14.0. The minimum Gasteiger partial charge on any atom is -0.334 e. The lowest BCUT2D eigenvalue weighted by atomic mass is 10.1. The smallest absolute Gasteiger partial charge is 0.246 e. The van der Waals surface area contributed by atoms with Crippen LogP contribution in [0.1, 0.15) is 25.0 Å². The zero-order chi connectivity index (χ0) is 20.4. The van der Waals surface area contributed by atoms with Gasteiger partial charge in [0.15, 0.2) is 0 Å². The molecular weight excluding hydrogens is 371 g/mol. The van der Waals surface area contributed by atoms with E-state index in [9.17, 15) is 9.18 Å². The van der Waals surface area contributed by atoms with E-state index in [4.69, 9.17) is 4.63 Å². The van der Waals surface area contributed by atoms with Crippen LogP contribution in [0.2, 0.25) is 0 Å². The molecule has 29 heavy (non-hydrogen) atoms. The van der Waals surface area contributed by atoms with Crippen LogP contribution in [0.4, 0.5) is 4.39 Å². The number of halogens is 1. The number of rotatable bonds is 4. The summed E-state index contributed by atoms with van der Waals surface area (Å²) in [4.78, 5) is 17.0. The lowest BCUT2D eigenvalue weighted by Gasteiger charge is -2.44. The Morgan fingerprint density at radius 3 is 2.66 bits per heavy atom. The van der Waals surface area contributed by atoms with Gasteiger partial charge in [0.25, 0.3) is 0 Å². The maximum Gasteiger partial charge on any atom is 0.246 e. The number of amides is 1. The Bertz CT molecular complexity index is 1030. The molecule has 150 valence electrons. The van der Waals surface area contributed by atoms with Crippen LogP contribution in [0.5, 0.6) is 0 Å². The second kappa shape index (κ2) is 8.13. The molecule has 3 aromatic rings. The van der Waals surface area contributed by atoms with Crippen LogP contribution >= 0.6 is 0 Å². The van der Waals surface area contributed by atoms with Crippen molar-refractivity contribution in [3.63, 3.8) is 0 Å². The maximum atomic E-state index is 13.1. The van der Waals surface area contributed by atoms with E-state index in [1.54, 1.807) is 12.2 Å². The molecule has 0 spiro atoms. The van der Waals surface area contributed by atoms with E-state index in [-0.39, 0.29) is 23.8 Å². The van der Waals surface area contributed by atoms with Crippen LogP contribution < -0.4 is 0 Å². The number of aromatic nitrogens is 2. The van der Waals surface area contributed by atoms with Gasteiger partial charge in [-0.25, -0.2) is 9.02 Å². The lowest BCUT2D eigenvalue weighted by Crippen LogP contribution is -2.57. The molecule has 6 nitrogen and oxygen atoms in total. The molecule has 1 amide bonds. The molecule has 2 heterocycles. The fourth-order valence-electron chi connectivity index (χ4n) is 3.72. The number of piperazine rings is 1. The van der Waals surface area contributed by atoms with Crippen LogP contribution in [0.15, 0.2) is 53.2 Å². The van der Waals surface area contributed by atoms with Gasteiger partial charge in [0, 0.05) is 37.8 Å². The van der Waals surface area contributed by atoms with Crippen molar-refractivity contribution in [2.45, 2.75) is 32.5 Å². The van der Waals surface area contributed by atoms with Crippen LogP contribution in [-0.2, 0) is 11.3 Å². The van der Waals surface area contributed by atoms with Gasteiger partial charge in [-0.2, -0.15) is 0 Å². The van der Waals surface area contributed by atoms with E-state index in [1.165, 1.54) is 12.1 Å². The zero-order valence-electron chi connectivity index (χ0n) is 16.5. The number of hydrogen-bond acceptors (Lipinski definition) is 5. The third kappa shape index (κ3) is 4.35. The molecule has 1 aliphatic heterocycles. The quantitative estimate of drug-likeness (QED) is 0.634. The summed E-state index contributed by atoms with van der Waals surface area (Å²) in [6.07, 6.45) is 3.40. The van der Waals surface area contributed by atoms with Gasteiger partial charge in [-0.15, -0.1) is 0 Å². The van der Waals surface area contributed by atoms with Crippen molar-refractivity contribution in [3.05, 3.63) is 65.5 Å². The Kier molecular flexibility index (Phi) is 5.40. The number of benzene rings is 2. The summed E-state index contributed by atoms with van der Waals surface area (Å²) in [7, 11) is 0. The SMILES string of the molecule is C[C@@H]1CN(Cc2ccc(F)cc2)[C@@H](C)CN1C(=O)C=Cc1ccc2nonc2c1. The van der Waals surface area contributed by atoms with E-state index >= 15 is 0 Å². The summed E-state index contributed by atoms with van der Waals surface area (Å²) in [5, 5.41) is 7.60. The molecule has 2 aromatic carbocycles. The average molecular weight is 394 g/mol. The van der Waals surface area contributed by atoms with Crippen LogP contribution in [0.3, 0.4) is 0 Å². The lowest BCUT2D eigenvalue weighted by molar-refractivity contribution is -0.131. The van der Waals surface area contributed by atoms with Crippen molar-refractivity contribution in [1.29, 1.82) is 0 Å². The predicted molar refractivity (Wildman–Crippen MR) is 108 cm³/mol. The Hall–Kier alpha value is -3.06. The predicted octanol–water partition coefficient (Wildman–Crippen LogP) is 3.50. The van der Waals surface area contributed by atoms with Gasteiger partial charge >= 0.3 is 0 Å². The van der Waals surface area contributed by atoms with Crippen molar-refractivity contribution in [3.8, 4) is 0 Å². The molecule has 1 fully saturated rings. The van der Waals surface area contributed by atoms with Gasteiger partial charge < -0.3 is 4.90 Å². The standard InChI is InChI=1S/C22H23FN4O2/c1-15-13-27(16(2)12-26(15)14-18-3-7-19(23)8-4-18)22(28)10-6-17-5-9-20-21(11-17)25-29-24-20/h3-11,15-16H,12-14H2,1-2H3/t15-,16+/m0/s1. The molecule has 0 radical (unpaired) electrons. The van der Waals surface area contributed by atoms with Gasteiger partial charge in [-0.3, -0.25) is 9.69 Å². The van der Waals surface area contributed by atoms with Gasteiger partial charge in [-0.05, 0) is 65.6 Å². The summed E-state index contributed by atoms with van der Waals surface area (Å²) < 4.78 is 17.8. The summed E-state index contributed by atoms with van der Waals surface area (Å²) in [6, 6.07) is 12.4. The Morgan fingerprint density at radius 1 is 1.10 bits per heavy atom. The van der Waals surface area contributed by atoms with Crippen molar-refractivity contribution < 1.29 is 13.8 Å². The molecule has 0 aliphatic carbocycles. The third-order valence-corrected chi connectivity index (χ3v) is 5.39. The number of hydrogen-bond donors (Lipinski definition) is 0. The fraction of sp³-hybridized carbons (Fsp3) is 0.318. The molecule has 7 heteroatoms. The fourth-order valence-corrected chi connectivity index (χ4v) is 3.72. The van der Waals surface area contributed by atoms with E-state index in [0.717, 1.165) is 24.2 Å². The van der Waals surface area contributed by atoms with E-state index < -0.39 is 0 Å². The van der Waals surface area contributed by atoms with Gasteiger partial charge in [0.05, 0.1) is 0 Å². The highest BCUT2D eigenvalue weighted by molar-refractivity contribution is 5.92. The second-order valence-corrected chi connectivity index (χ2v) is 7.59. The summed E-state index contributed by atoms with van der Waals surface area (Å²) in [5.41, 5.74) is 3.30. The third-order valence-electron chi connectivity index (χ3n) is 5.39. The molecular formula is C22H23FN4O2. The topological polar surface area (TPSA) is 62.5 Å². The normalized spacial score (nSPS) is 20.6. The largest absolute Gasteiger partial charge is 0.334 e. The number of carbonyl (C=O) groups excluding carboxylic acids is 1. The average Bonchev–Trinajstić information content (AvgIpc) is 3.18. The first-order valence-corrected chi connectivity index (χ1v) is 9.69. The Balaban J connectivity index is 1.39. The monoisotopic (exact) mass is 394 g/mol. The molecule has 4 rings (SSSR count). The second-order valence-electron chi connectivity index (χ2n) is 7.59. The van der Waals surface area contributed by atoms with Crippen molar-refractivity contribution >= 4 is 23.0 Å². The minimum atomic E-state index is -0.226. The van der Waals surface area contributed by atoms with Crippen LogP contribution in [0.25, 0.3) is 17.1 Å². The van der Waals surface area contributed by atoms with Crippen molar-refractivity contribution in [1.82, 2.24) is 20.1 Å². The van der Waals surface area contributed by atoms with Crippen molar-refractivity contribution in [2.75, 3.05) is 13.1 Å². The highest BCUT2D eigenvalue weighted by Crippen LogP contribution is 2.19. The summed E-state index contributed by atoms with van der Waals surface area (Å²) in [6.45, 7) is 6.34. The molecule has 0 bridgehead atoms. The van der Waals surface area contributed by atoms with Gasteiger partial charge in [0.1, 0.15) is 16.9 Å². The molecule has 0 N–H and O–H groups in total. The minimum absolute atomic E-state index is 0.0100. The first-order valence-electron chi connectivity index (χ1n) is 9.69.